The van der Waals surface area contributed by atoms with Gasteiger partial charge < -0.3 is 4.42 Å². The summed E-state index contributed by atoms with van der Waals surface area (Å²) in [5.74, 6) is 0.498. The van der Waals surface area contributed by atoms with Gasteiger partial charge in [0.2, 0.25) is 5.96 Å². The van der Waals surface area contributed by atoms with Gasteiger partial charge in [-0.05, 0) is 57.8 Å². The summed E-state index contributed by atoms with van der Waals surface area (Å²) in [6.45, 7) is 0. The highest BCUT2D eigenvalue weighted by Crippen LogP contribution is 2.39. The molecule has 0 fully saturated rings. The maximum Gasteiger partial charge on any atom is 0.229 e. The predicted octanol–water partition coefficient (Wildman–Crippen LogP) is 10.9. The molecule has 0 bridgehead atoms. The van der Waals surface area contributed by atoms with E-state index < -0.39 is 0 Å². The van der Waals surface area contributed by atoms with Crippen LogP contribution in [0.1, 0.15) is 11.1 Å². The van der Waals surface area contributed by atoms with Crippen molar-refractivity contribution in [1.82, 2.24) is 4.57 Å². The first-order chi connectivity index (χ1) is 23.7. The average molecular weight is 617 g/mol. The van der Waals surface area contributed by atoms with E-state index in [0.717, 1.165) is 60.4 Å². The van der Waals surface area contributed by atoms with E-state index in [-0.39, 0.29) is 5.96 Å². The Morgan fingerprint density at radius 1 is 0.562 bits per heavy atom. The summed E-state index contributed by atoms with van der Waals surface area (Å²) < 4.78 is 8.39. The van der Waals surface area contributed by atoms with Crippen LogP contribution in [-0.4, -0.2) is 22.6 Å². The molecule has 9 aromatic rings. The molecule has 9 rings (SSSR count). The lowest BCUT2D eigenvalue weighted by molar-refractivity contribution is 0.669. The van der Waals surface area contributed by atoms with Crippen molar-refractivity contribution < 1.29 is 4.42 Å². The van der Waals surface area contributed by atoms with Crippen molar-refractivity contribution in [3.8, 4) is 11.1 Å². The molecular formula is C43H28N4O. The van der Waals surface area contributed by atoms with Crippen molar-refractivity contribution in [2.24, 2.45) is 9.98 Å². The minimum Gasteiger partial charge on any atom is -0.456 e. The summed E-state index contributed by atoms with van der Waals surface area (Å²) in [7, 11) is 0. The minimum atomic E-state index is 0.0792. The summed E-state index contributed by atoms with van der Waals surface area (Å²) in [5, 5.41) is 15.9. The standard InChI is InChI=1S/C43H28N4O/c44-43(47-37-21-8-6-17-33(37)34-18-7-9-22-38(34)47)46-42(45-27-28-12-2-1-3-13-28)30-24-25-36-40(26-30)48-39-23-11-20-35(41(36)39)32-19-10-15-29-14-4-5-16-31(29)32/h1-27,44H/b44-43?,45-27?,46-42-. The molecule has 0 saturated carbocycles. The van der Waals surface area contributed by atoms with Gasteiger partial charge >= 0.3 is 0 Å². The van der Waals surface area contributed by atoms with Crippen molar-refractivity contribution in [2.75, 3.05) is 0 Å². The molecule has 1 N–H and O–H groups in total. The Bertz CT molecular complexity index is 2690. The van der Waals surface area contributed by atoms with Crippen LogP contribution >= 0.6 is 0 Å². The number of nitrogens with one attached hydrogen (secondary N) is 1. The number of para-hydroxylation sites is 2. The monoisotopic (exact) mass is 616 g/mol. The topological polar surface area (TPSA) is 66.6 Å². The van der Waals surface area contributed by atoms with Gasteiger partial charge in [0.05, 0.1) is 11.0 Å². The highest BCUT2D eigenvalue weighted by atomic mass is 16.3. The fraction of sp³-hybridized carbons (Fsp3) is 0. The first-order valence-corrected chi connectivity index (χ1v) is 15.9. The van der Waals surface area contributed by atoms with Crippen LogP contribution in [-0.2, 0) is 0 Å². The van der Waals surface area contributed by atoms with E-state index >= 15 is 0 Å². The zero-order valence-corrected chi connectivity index (χ0v) is 25.8. The zero-order valence-electron chi connectivity index (χ0n) is 25.8. The number of aliphatic imine (C=N–C) groups is 2. The zero-order chi connectivity index (χ0) is 32.0. The van der Waals surface area contributed by atoms with E-state index in [1.807, 2.05) is 95.6 Å². The fourth-order valence-corrected chi connectivity index (χ4v) is 6.79. The molecule has 48 heavy (non-hydrogen) atoms. The number of rotatable bonds is 3. The van der Waals surface area contributed by atoms with Gasteiger partial charge in [0.25, 0.3) is 0 Å². The second kappa shape index (κ2) is 11.3. The van der Waals surface area contributed by atoms with Crippen molar-refractivity contribution >= 4 is 72.5 Å². The van der Waals surface area contributed by atoms with Crippen molar-refractivity contribution in [1.29, 1.82) is 5.41 Å². The Morgan fingerprint density at radius 2 is 1.21 bits per heavy atom. The van der Waals surface area contributed by atoms with E-state index in [2.05, 4.69) is 66.7 Å². The van der Waals surface area contributed by atoms with Crippen molar-refractivity contribution in [3.63, 3.8) is 0 Å². The van der Waals surface area contributed by atoms with E-state index in [1.165, 1.54) is 16.3 Å². The first kappa shape index (κ1) is 27.7. The molecule has 0 spiro atoms. The lowest BCUT2D eigenvalue weighted by Gasteiger charge is -2.09. The molecule has 0 amide bonds. The quantitative estimate of drug-likeness (QED) is 0.156. The fourth-order valence-electron chi connectivity index (χ4n) is 6.79. The van der Waals surface area contributed by atoms with Gasteiger partial charge in [0, 0.05) is 33.3 Å². The Hall–Kier alpha value is -6.59. The molecule has 0 radical (unpaired) electrons. The van der Waals surface area contributed by atoms with Crippen LogP contribution in [0.5, 0.6) is 0 Å². The number of furan rings is 1. The Kier molecular flexibility index (Phi) is 6.54. The van der Waals surface area contributed by atoms with Crippen LogP contribution in [0.25, 0.3) is 65.6 Å². The second-order valence-corrected chi connectivity index (χ2v) is 11.8. The van der Waals surface area contributed by atoms with Gasteiger partial charge in [-0.25, -0.2) is 4.99 Å². The van der Waals surface area contributed by atoms with Gasteiger partial charge in [-0.15, -0.1) is 0 Å². The third-order valence-corrected chi connectivity index (χ3v) is 8.97. The maximum atomic E-state index is 9.29. The second-order valence-electron chi connectivity index (χ2n) is 11.8. The summed E-state index contributed by atoms with van der Waals surface area (Å²) in [4.78, 5) is 9.75. The lowest BCUT2D eigenvalue weighted by atomic mass is 9.94. The number of aromatic nitrogens is 1. The van der Waals surface area contributed by atoms with Gasteiger partial charge in [-0.2, -0.15) is 4.99 Å². The Labute approximate surface area is 276 Å². The average Bonchev–Trinajstić information content (AvgIpc) is 3.69. The number of hydrogen-bond donors (Lipinski definition) is 1. The third-order valence-electron chi connectivity index (χ3n) is 8.97. The summed E-state index contributed by atoms with van der Waals surface area (Å²) in [5.41, 5.74) is 7.39. The SMILES string of the molecule is N=C(/N=C(\N=Cc1ccccc1)c1ccc2c(c1)oc1cccc(-c3cccc4ccccc34)c12)n1c2ccccc2c2ccccc21. The third kappa shape index (κ3) is 4.60. The van der Waals surface area contributed by atoms with Crippen molar-refractivity contribution in [3.05, 3.63) is 169 Å². The number of hydrogen-bond acceptors (Lipinski definition) is 2. The molecule has 226 valence electrons. The highest BCUT2D eigenvalue weighted by molar-refractivity contribution is 6.19. The smallest absolute Gasteiger partial charge is 0.229 e. The van der Waals surface area contributed by atoms with Crippen LogP contribution in [0.15, 0.2) is 172 Å². The van der Waals surface area contributed by atoms with E-state index in [9.17, 15) is 5.41 Å². The summed E-state index contributed by atoms with van der Waals surface area (Å²) in [6.07, 6.45) is 1.79. The molecule has 5 heteroatoms. The minimum absolute atomic E-state index is 0.0792. The van der Waals surface area contributed by atoms with Crippen molar-refractivity contribution in [2.45, 2.75) is 0 Å². The number of amidine groups is 1. The van der Waals surface area contributed by atoms with Gasteiger partial charge in [0.1, 0.15) is 11.2 Å². The maximum absolute atomic E-state index is 9.29. The molecule has 0 atom stereocenters. The van der Waals surface area contributed by atoms with Gasteiger partial charge in [-0.3, -0.25) is 9.98 Å². The van der Waals surface area contributed by atoms with Crippen LogP contribution in [0.4, 0.5) is 0 Å². The Morgan fingerprint density at radius 3 is 2.00 bits per heavy atom. The number of nitrogens with zero attached hydrogens (tertiary/aromatic N) is 3. The normalized spacial score (nSPS) is 12.3. The highest BCUT2D eigenvalue weighted by Gasteiger charge is 2.17. The van der Waals surface area contributed by atoms with Gasteiger partial charge in [-0.1, -0.05) is 127 Å². The first-order valence-electron chi connectivity index (χ1n) is 15.9. The molecule has 7 aromatic carbocycles. The van der Waals surface area contributed by atoms with Crippen LogP contribution in [0.2, 0.25) is 0 Å². The number of benzene rings is 7. The summed E-state index contributed by atoms with van der Waals surface area (Å²) in [6, 6.07) is 53.4. The number of fused-ring (bicyclic) bond motifs is 7. The molecule has 0 aliphatic rings. The molecular weight excluding hydrogens is 589 g/mol. The lowest BCUT2D eigenvalue weighted by Crippen LogP contribution is -2.11. The molecule has 0 aliphatic heterocycles. The molecule has 0 saturated heterocycles. The van der Waals surface area contributed by atoms with E-state index in [4.69, 9.17) is 14.4 Å². The molecule has 2 heterocycles. The Balaban J connectivity index is 1.21. The van der Waals surface area contributed by atoms with Gasteiger partial charge in [0.15, 0.2) is 5.84 Å². The van der Waals surface area contributed by atoms with Crippen LogP contribution in [0.3, 0.4) is 0 Å². The molecule has 0 aliphatic carbocycles. The summed E-state index contributed by atoms with van der Waals surface area (Å²) >= 11 is 0. The molecule has 0 unspecified atom stereocenters. The largest absolute Gasteiger partial charge is 0.456 e. The van der Waals surface area contributed by atoms with Crippen LogP contribution in [0, 0.1) is 5.41 Å². The van der Waals surface area contributed by atoms with Crippen LogP contribution < -0.4 is 0 Å². The van der Waals surface area contributed by atoms with E-state index in [1.54, 1.807) is 6.21 Å². The molecule has 5 nitrogen and oxygen atoms in total. The predicted molar refractivity (Wildman–Crippen MR) is 200 cm³/mol. The molecule has 2 aromatic heterocycles. The van der Waals surface area contributed by atoms with E-state index in [0.29, 0.717) is 5.84 Å².